The van der Waals surface area contributed by atoms with Crippen molar-refractivity contribution in [2.45, 2.75) is 32.9 Å². The Morgan fingerprint density at radius 2 is 2.08 bits per heavy atom. The minimum atomic E-state index is -0.617. The number of aliphatic hydroxyl groups is 1. The second-order valence-corrected chi connectivity index (χ2v) is 5.87. The molecule has 1 amide bonds. The number of nitrogens with one attached hydrogen (secondary N) is 2. The van der Waals surface area contributed by atoms with Gasteiger partial charge in [0, 0.05) is 25.7 Å². The van der Waals surface area contributed by atoms with Gasteiger partial charge in [0.15, 0.2) is 11.5 Å². The molecule has 1 rings (SSSR count). The first-order valence-electron chi connectivity index (χ1n) is 8.28. The van der Waals surface area contributed by atoms with Crippen LogP contribution in [0.1, 0.15) is 26.3 Å². The Balaban J connectivity index is 2.74. The molecule has 0 spiro atoms. The van der Waals surface area contributed by atoms with E-state index in [9.17, 15) is 9.90 Å². The summed E-state index contributed by atoms with van der Waals surface area (Å²) in [5, 5.41) is 15.7. The molecule has 3 N–H and O–H groups in total. The SMILES string of the molecule is C=CCOc1cc(/C=C/NC(C)=O)ccc1OCC(O)CNC(C)C. The third kappa shape index (κ3) is 8.93. The third-order valence-corrected chi connectivity index (χ3v) is 3.08. The van der Waals surface area contributed by atoms with Crippen LogP contribution in [0, 0.1) is 0 Å². The summed E-state index contributed by atoms with van der Waals surface area (Å²) in [7, 11) is 0. The fraction of sp³-hybridized carbons (Fsp3) is 0.421. The van der Waals surface area contributed by atoms with E-state index in [1.807, 2.05) is 19.9 Å². The molecule has 0 saturated carbocycles. The van der Waals surface area contributed by atoms with Crippen molar-refractivity contribution in [1.82, 2.24) is 10.6 Å². The van der Waals surface area contributed by atoms with E-state index in [0.717, 1.165) is 5.56 Å². The molecule has 25 heavy (non-hydrogen) atoms. The highest BCUT2D eigenvalue weighted by atomic mass is 16.5. The Bertz CT molecular complexity index is 585. The van der Waals surface area contributed by atoms with Gasteiger partial charge in [-0.2, -0.15) is 0 Å². The predicted octanol–water partition coefficient (Wildman–Crippen LogP) is 2.10. The van der Waals surface area contributed by atoms with Crippen LogP contribution >= 0.6 is 0 Å². The van der Waals surface area contributed by atoms with E-state index in [1.165, 1.54) is 6.92 Å². The molecule has 1 atom stereocenters. The van der Waals surface area contributed by atoms with Crippen molar-refractivity contribution in [1.29, 1.82) is 0 Å². The molecule has 0 saturated heterocycles. The Morgan fingerprint density at radius 1 is 1.32 bits per heavy atom. The van der Waals surface area contributed by atoms with Crippen molar-refractivity contribution >= 4 is 12.0 Å². The summed E-state index contributed by atoms with van der Waals surface area (Å²) in [6.45, 7) is 10.1. The number of hydrogen-bond donors (Lipinski definition) is 3. The van der Waals surface area contributed by atoms with Crippen molar-refractivity contribution in [2.24, 2.45) is 0 Å². The van der Waals surface area contributed by atoms with Crippen LogP contribution < -0.4 is 20.1 Å². The van der Waals surface area contributed by atoms with E-state index in [2.05, 4.69) is 17.2 Å². The minimum absolute atomic E-state index is 0.136. The number of hydrogen-bond acceptors (Lipinski definition) is 5. The molecule has 0 aliphatic heterocycles. The molecule has 6 nitrogen and oxygen atoms in total. The molecule has 0 radical (unpaired) electrons. The lowest BCUT2D eigenvalue weighted by atomic mass is 10.2. The number of carbonyl (C=O) groups excluding carboxylic acids is 1. The highest BCUT2D eigenvalue weighted by molar-refractivity contribution is 5.75. The number of rotatable bonds is 11. The van der Waals surface area contributed by atoms with Gasteiger partial charge >= 0.3 is 0 Å². The Kier molecular flexibility index (Phi) is 9.36. The maximum atomic E-state index is 10.9. The zero-order valence-electron chi connectivity index (χ0n) is 15.1. The van der Waals surface area contributed by atoms with Crippen LogP contribution in [-0.4, -0.2) is 42.9 Å². The van der Waals surface area contributed by atoms with E-state index >= 15 is 0 Å². The van der Waals surface area contributed by atoms with Crippen LogP contribution in [0.2, 0.25) is 0 Å². The number of carbonyl (C=O) groups is 1. The van der Waals surface area contributed by atoms with Crippen LogP contribution in [0.4, 0.5) is 0 Å². The molecule has 1 unspecified atom stereocenters. The van der Waals surface area contributed by atoms with E-state index in [4.69, 9.17) is 9.47 Å². The third-order valence-electron chi connectivity index (χ3n) is 3.08. The number of aliphatic hydroxyl groups excluding tert-OH is 1. The van der Waals surface area contributed by atoms with Gasteiger partial charge in [0.2, 0.25) is 5.91 Å². The van der Waals surface area contributed by atoms with Crippen molar-refractivity contribution < 1.29 is 19.4 Å². The Hall–Kier alpha value is -2.31. The van der Waals surface area contributed by atoms with Gasteiger partial charge in [0.05, 0.1) is 0 Å². The smallest absolute Gasteiger partial charge is 0.220 e. The van der Waals surface area contributed by atoms with Gasteiger partial charge in [-0.3, -0.25) is 4.79 Å². The first kappa shape index (κ1) is 20.7. The Morgan fingerprint density at radius 3 is 2.72 bits per heavy atom. The molecular formula is C19H28N2O4. The lowest BCUT2D eigenvalue weighted by molar-refractivity contribution is -0.118. The highest BCUT2D eigenvalue weighted by Crippen LogP contribution is 2.29. The zero-order chi connectivity index (χ0) is 18.7. The summed E-state index contributed by atoms with van der Waals surface area (Å²) in [6, 6.07) is 5.72. The van der Waals surface area contributed by atoms with Crippen molar-refractivity contribution in [3.63, 3.8) is 0 Å². The number of ether oxygens (including phenoxy) is 2. The van der Waals surface area contributed by atoms with Gasteiger partial charge in [0.25, 0.3) is 0 Å². The topological polar surface area (TPSA) is 79.8 Å². The summed E-state index contributed by atoms with van der Waals surface area (Å²) < 4.78 is 11.3. The lowest BCUT2D eigenvalue weighted by Crippen LogP contribution is -2.35. The molecule has 1 aromatic carbocycles. The standard InChI is InChI=1S/C19H28N2O4/c1-5-10-24-19-11-16(8-9-20-15(4)22)6-7-18(19)25-13-17(23)12-21-14(2)3/h5-9,11,14,17,21,23H,1,10,12-13H2,2-4H3,(H,20,22)/b9-8+. The van der Waals surface area contributed by atoms with Gasteiger partial charge in [0.1, 0.15) is 19.3 Å². The fourth-order valence-electron chi connectivity index (χ4n) is 1.88. The number of amides is 1. The molecule has 1 aromatic rings. The van der Waals surface area contributed by atoms with E-state index < -0.39 is 6.10 Å². The molecule has 0 aliphatic rings. The molecular weight excluding hydrogens is 320 g/mol. The maximum absolute atomic E-state index is 10.9. The molecule has 0 aliphatic carbocycles. The fourth-order valence-corrected chi connectivity index (χ4v) is 1.88. The maximum Gasteiger partial charge on any atom is 0.220 e. The average Bonchev–Trinajstić information content (AvgIpc) is 2.56. The first-order valence-corrected chi connectivity index (χ1v) is 8.28. The van der Waals surface area contributed by atoms with E-state index in [1.54, 1.807) is 30.5 Å². The second-order valence-electron chi connectivity index (χ2n) is 5.87. The van der Waals surface area contributed by atoms with Gasteiger partial charge in [-0.1, -0.05) is 32.6 Å². The van der Waals surface area contributed by atoms with Crippen molar-refractivity contribution in [3.05, 3.63) is 42.6 Å². The minimum Gasteiger partial charge on any atom is -0.487 e. The Labute approximate surface area is 149 Å². The summed E-state index contributed by atoms with van der Waals surface area (Å²) in [4.78, 5) is 10.9. The van der Waals surface area contributed by atoms with Crippen LogP contribution in [-0.2, 0) is 4.79 Å². The summed E-state index contributed by atoms with van der Waals surface area (Å²) in [5.41, 5.74) is 0.849. The van der Waals surface area contributed by atoms with Gasteiger partial charge in [-0.25, -0.2) is 0 Å². The normalized spacial score (nSPS) is 12.2. The molecule has 0 bridgehead atoms. The average molecular weight is 348 g/mol. The lowest BCUT2D eigenvalue weighted by Gasteiger charge is -2.17. The molecule has 0 fully saturated rings. The monoisotopic (exact) mass is 348 g/mol. The van der Waals surface area contributed by atoms with Gasteiger partial charge in [-0.05, 0) is 23.8 Å². The summed E-state index contributed by atoms with van der Waals surface area (Å²) in [5.74, 6) is 0.958. The largest absolute Gasteiger partial charge is 0.487 e. The quantitative estimate of drug-likeness (QED) is 0.534. The zero-order valence-corrected chi connectivity index (χ0v) is 15.1. The van der Waals surface area contributed by atoms with E-state index in [0.29, 0.717) is 30.7 Å². The van der Waals surface area contributed by atoms with Crippen LogP contribution in [0.25, 0.3) is 6.08 Å². The van der Waals surface area contributed by atoms with Crippen LogP contribution in [0.15, 0.2) is 37.1 Å². The van der Waals surface area contributed by atoms with Crippen molar-refractivity contribution in [2.75, 3.05) is 19.8 Å². The highest BCUT2D eigenvalue weighted by Gasteiger charge is 2.10. The van der Waals surface area contributed by atoms with Gasteiger partial charge in [-0.15, -0.1) is 0 Å². The number of benzene rings is 1. The molecule has 0 heterocycles. The summed E-state index contributed by atoms with van der Waals surface area (Å²) in [6.07, 6.45) is 4.35. The first-order chi connectivity index (χ1) is 11.9. The van der Waals surface area contributed by atoms with E-state index in [-0.39, 0.29) is 12.5 Å². The summed E-state index contributed by atoms with van der Waals surface area (Å²) >= 11 is 0. The van der Waals surface area contributed by atoms with Gasteiger partial charge < -0.3 is 25.2 Å². The van der Waals surface area contributed by atoms with Crippen molar-refractivity contribution in [3.8, 4) is 11.5 Å². The predicted molar refractivity (Wildman–Crippen MR) is 99.6 cm³/mol. The van der Waals surface area contributed by atoms with Crippen LogP contribution in [0.3, 0.4) is 0 Å². The second kappa shape index (κ2) is 11.3. The van der Waals surface area contributed by atoms with Crippen LogP contribution in [0.5, 0.6) is 11.5 Å². The molecule has 138 valence electrons. The molecule has 6 heteroatoms. The molecule has 0 aromatic heterocycles.